The highest BCUT2D eigenvalue weighted by Crippen LogP contribution is 2.42. The minimum absolute atomic E-state index is 0.101. The van der Waals surface area contributed by atoms with E-state index in [1.165, 1.54) is 21.2 Å². The van der Waals surface area contributed by atoms with E-state index in [0.29, 0.717) is 57.1 Å². The standard InChI is InChI=1S/C49H67N9O7S/c1-10-57-39-16-15-32-23-34(39)35(43(57)33-13-11-18-50-41(33)31(4)63-9)25-48(5,6)29-64-46(61)36-14-12-19-58(53-36)45(60)37(24-40-51-38(32)26-66-40)52-44(59)42(30(2)3)55(8)47(62)56-21-22-65-49(28-56)17-20-54(7)27-49/h11,13,15-16,18,23,26,30-31,36-37,42,53H,10,12,14,17,19-22,24-25,27-29H2,1-9H3,(H,52,59)/t31-,36-,37-,42-,49-/m0/s1. The molecule has 5 atom stereocenters. The number of carbonyl (C=O) groups excluding carboxylic acids is 4. The van der Waals surface area contributed by atoms with Gasteiger partial charge in [-0.3, -0.25) is 24.4 Å². The zero-order valence-corrected chi connectivity index (χ0v) is 40.8. The molecule has 1 spiro atoms. The van der Waals surface area contributed by atoms with E-state index in [9.17, 15) is 19.2 Å². The molecular weight excluding hydrogens is 859 g/mol. The zero-order valence-electron chi connectivity index (χ0n) is 40.0. The van der Waals surface area contributed by atoms with Gasteiger partial charge in [0.05, 0.1) is 53.6 Å². The second kappa shape index (κ2) is 19.3. The van der Waals surface area contributed by atoms with Gasteiger partial charge < -0.3 is 38.8 Å². The van der Waals surface area contributed by atoms with Gasteiger partial charge in [0.2, 0.25) is 5.91 Å². The summed E-state index contributed by atoms with van der Waals surface area (Å²) in [6.45, 7) is 16.3. The molecule has 16 nitrogen and oxygen atoms in total. The third-order valence-corrected chi connectivity index (χ3v) is 14.7. The summed E-state index contributed by atoms with van der Waals surface area (Å²) in [5.41, 5.74) is 8.96. The van der Waals surface area contributed by atoms with Crippen LogP contribution in [0.2, 0.25) is 0 Å². The number of thiazole rings is 1. The Bertz CT molecular complexity index is 2450. The van der Waals surface area contributed by atoms with Crippen molar-refractivity contribution < 1.29 is 33.4 Å². The Morgan fingerprint density at radius 2 is 1.92 bits per heavy atom. The monoisotopic (exact) mass is 925 g/mol. The number of methoxy groups -OCH3 is 1. The number of amides is 4. The number of carbonyl (C=O) groups is 4. The Hall–Kier alpha value is -4.94. The highest BCUT2D eigenvalue weighted by molar-refractivity contribution is 7.10. The molecule has 17 heteroatoms. The Morgan fingerprint density at radius 1 is 1.12 bits per heavy atom. The van der Waals surface area contributed by atoms with Gasteiger partial charge in [-0.25, -0.2) is 15.2 Å². The predicted molar refractivity (Wildman–Crippen MR) is 253 cm³/mol. The van der Waals surface area contributed by atoms with Gasteiger partial charge in [0.25, 0.3) is 5.91 Å². The van der Waals surface area contributed by atoms with Gasteiger partial charge >= 0.3 is 12.0 Å². The first-order valence-electron chi connectivity index (χ1n) is 23.5. The summed E-state index contributed by atoms with van der Waals surface area (Å²) in [5, 5.41) is 8.23. The van der Waals surface area contributed by atoms with Gasteiger partial charge in [-0.05, 0) is 82.3 Å². The van der Waals surface area contributed by atoms with E-state index < -0.39 is 46.9 Å². The van der Waals surface area contributed by atoms with E-state index in [1.54, 1.807) is 25.3 Å². The molecule has 7 heterocycles. The van der Waals surface area contributed by atoms with Crippen LogP contribution in [0.3, 0.4) is 0 Å². The number of benzene rings is 1. The van der Waals surface area contributed by atoms with Crippen molar-refractivity contribution in [2.24, 2.45) is 11.3 Å². The van der Waals surface area contributed by atoms with Crippen molar-refractivity contribution in [2.45, 2.75) is 110 Å². The Labute approximate surface area is 392 Å². The maximum absolute atomic E-state index is 14.7. The molecule has 3 fully saturated rings. The minimum atomic E-state index is -1.06. The molecule has 6 bridgehead atoms. The maximum Gasteiger partial charge on any atom is 0.324 e. The number of rotatable bonds is 8. The molecule has 4 amide bonds. The molecular formula is C49H67N9O7S. The normalized spacial score (nSPS) is 23.8. The number of esters is 1. The molecule has 66 heavy (non-hydrogen) atoms. The van der Waals surface area contributed by atoms with Crippen LogP contribution in [0.15, 0.2) is 41.9 Å². The lowest BCUT2D eigenvalue weighted by Crippen LogP contribution is -2.63. The van der Waals surface area contributed by atoms with Gasteiger partial charge in [0.15, 0.2) is 0 Å². The Balaban J connectivity index is 1.15. The number of aryl methyl sites for hydroxylation is 1. The molecule has 356 valence electrons. The second-order valence-electron chi connectivity index (χ2n) is 19.8. The molecule has 8 rings (SSSR count). The molecule has 2 N–H and O–H groups in total. The zero-order chi connectivity index (χ0) is 47.1. The summed E-state index contributed by atoms with van der Waals surface area (Å²) in [4.78, 5) is 72.8. The minimum Gasteiger partial charge on any atom is -0.464 e. The number of hydrazine groups is 1. The number of nitrogens with zero attached hydrogens (tertiary/aromatic N) is 7. The highest BCUT2D eigenvalue weighted by Gasteiger charge is 2.45. The van der Waals surface area contributed by atoms with Crippen LogP contribution in [-0.4, -0.2) is 149 Å². The SMILES string of the molecule is CCn1c(-c2cccnc2[C@H](C)OC)c2c3cc(ccc31)-c1csc(n1)C[C@H](NC(=O)[C@H](C(C)C)N(C)C(=O)N1CCO[C@]3(CCN(C)C3)C1)C(=O)N1CCC[C@H](N1)C(=O)OCC(C)(C)C2. The highest BCUT2D eigenvalue weighted by atomic mass is 32.1. The molecule has 0 aliphatic carbocycles. The van der Waals surface area contributed by atoms with E-state index in [-0.39, 0.29) is 31.1 Å². The first-order valence-corrected chi connectivity index (χ1v) is 24.4. The van der Waals surface area contributed by atoms with Gasteiger partial charge in [-0.15, -0.1) is 11.3 Å². The number of urea groups is 1. The average molecular weight is 926 g/mol. The third-order valence-electron chi connectivity index (χ3n) is 13.8. The molecule has 3 saturated heterocycles. The number of cyclic esters (lactones) is 1. The summed E-state index contributed by atoms with van der Waals surface area (Å²) >= 11 is 1.43. The van der Waals surface area contributed by atoms with Crippen LogP contribution in [0.5, 0.6) is 0 Å². The van der Waals surface area contributed by atoms with Gasteiger partial charge in [0, 0.05) is 92.3 Å². The fourth-order valence-electron chi connectivity index (χ4n) is 10.4. The Morgan fingerprint density at radius 3 is 2.65 bits per heavy atom. The predicted octanol–water partition coefficient (Wildman–Crippen LogP) is 5.69. The van der Waals surface area contributed by atoms with Crippen LogP contribution in [0.25, 0.3) is 33.4 Å². The fraction of sp³-hybridized carbons (Fsp3) is 0.592. The summed E-state index contributed by atoms with van der Waals surface area (Å²) in [5.74, 6) is -1.56. The van der Waals surface area contributed by atoms with E-state index in [1.807, 2.05) is 32.2 Å². The van der Waals surface area contributed by atoms with Gasteiger partial charge in [-0.2, -0.15) is 0 Å². The van der Waals surface area contributed by atoms with Crippen LogP contribution < -0.4 is 10.7 Å². The lowest BCUT2D eigenvalue weighted by atomic mass is 9.84. The number of pyridine rings is 1. The van der Waals surface area contributed by atoms with Crippen LogP contribution in [0.1, 0.15) is 83.2 Å². The number of morpholine rings is 1. The summed E-state index contributed by atoms with van der Waals surface area (Å²) < 4.78 is 20.5. The number of ether oxygens (including phenoxy) is 3. The van der Waals surface area contributed by atoms with Gasteiger partial charge in [0.1, 0.15) is 18.1 Å². The molecule has 3 aromatic heterocycles. The fourth-order valence-corrected chi connectivity index (χ4v) is 11.2. The van der Waals surface area contributed by atoms with Crippen molar-refractivity contribution >= 4 is 46.1 Å². The molecule has 4 aliphatic heterocycles. The third kappa shape index (κ3) is 9.59. The average Bonchev–Trinajstić information content (AvgIpc) is 4.01. The van der Waals surface area contributed by atoms with E-state index in [4.69, 9.17) is 24.2 Å². The number of likely N-dealkylation sites (tertiary alicyclic amines) is 1. The van der Waals surface area contributed by atoms with E-state index >= 15 is 0 Å². The van der Waals surface area contributed by atoms with Crippen LogP contribution >= 0.6 is 11.3 Å². The number of nitrogens with one attached hydrogen (secondary N) is 2. The number of likely N-dealkylation sites (N-methyl/N-ethyl adjacent to an activating group) is 2. The van der Waals surface area contributed by atoms with E-state index in [0.717, 1.165) is 64.2 Å². The van der Waals surface area contributed by atoms with Crippen molar-refractivity contribution in [3.05, 3.63) is 58.2 Å². The van der Waals surface area contributed by atoms with Crippen molar-refractivity contribution in [2.75, 3.05) is 67.1 Å². The van der Waals surface area contributed by atoms with Crippen LogP contribution in [-0.2, 0) is 48.0 Å². The number of hydrogen-bond acceptors (Lipinski definition) is 12. The lowest BCUT2D eigenvalue weighted by Gasteiger charge is -2.43. The largest absolute Gasteiger partial charge is 0.464 e. The van der Waals surface area contributed by atoms with Gasteiger partial charge in [-0.1, -0.05) is 33.8 Å². The number of aromatic nitrogens is 3. The summed E-state index contributed by atoms with van der Waals surface area (Å²) in [6, 6.07) is 7.51. The molecule has 0 saturated carbocycles. The van der Waals surface area contributed by atoms with Crippen molar-refractivity contribution in [3.8, 4) is 22.5 Å². The molecule has 0 radical (unpaired) electrons. The van der Waals surface area contributed by atoms with Crippen LogP contribution in [0, 0.1) is 11.3 Å². The lowest BCUT2D eigenvalue weighted by molar-refractivity contribution is -0.155. The van der Waals surface area contributed by atoms with Crippen LogP contribution in [0.4, 0.5) is 4.79 Å². The smallest absolute Gasteiger partial charge is 0.324 e. The summed E-state index contributed by atoms with van der Waals surface area (Å²) in [6.07, 6.45) is 4.11. The molecule has 1 aromatic carbocycles. The quantitative estimate of drug-likeness (QED) is 0.209. The van der Waals surface area contributed by atoms with Crippen molar-refractivity contribution in [3.63, 3.8) is 0 Å². The summed E-state index contributed by atoms with van der Waals surface area (Å²) in [7, 11) is 5.41. The first kappa shape index (κ1) is 47.5. The first-order chi connectivity index (χ1) is 31.5. The number of fused-ring (bicyclic) bond motifs is 6. The Kier molecular flexibility index (Phi) is 13.9. The van der Waals surface area contributed by atoms with Crippen molar-refractivity contribution in [1.29, 1.82) is 0 Å². The van der Waals surface area contributed by atoms with Crippen molar-refractivity contribution in [1.82, 2.24) is 45.0 Å². The molecule has 4 aliphatic rings. The topological polar surface area (TPSA) is 164 Å². The second-order valence-corrected chi connectivity index (χ2v) is 20.7. The maximum atomic E-state index is 14.7. The molecule has 4 aromatic rings. The number of hydrogen-bond donors (Lipinski definition) is 2. The van der Waals surface area contributed by atoms with E-state index in [2.05, 4.69) is 72.3 Å². The molecule has 0 unspecified atom stereocenters.